The molecule has 1 aliphatic rings. The van der Waals surface area contributed by atoms with Gasteiger partial charge in [-0.25, -0.2) is 4.39 Å². The summed E-state index contributed by atoms with van der Waals surface area (Å²) in [6.07, 6.45) is 2.68. The molecule has 0 N–H and O–H groups in total. The lowest BCUT2D eigenvalue weighted by Crippen LogP contribution is -2.21. The zero-order valence-corrected chi connectivity index (χ0v) is 16.9. The molecule has 0 heterocycles. The number of hydrogen-bond donors (Lipinski definition) is 0. The Hall–Kier alpha value is -2.04. The third-order valence-electron chi connectivity index (χ3n) is 6.28. The van der Waals surface area contributed by atoms with E-state index in [0.717, 1.165) is 36.0 Å². The number of halogens is 4. The van der Waals surface area contributed by atoms with Crippen molar-refractivity contribution in [2.75, 3.05) is 0 Å². The highest BCUT2D eigenvalue weighted by Crippen LogP contribution is 2.36. The monoisotopic (exact) mass is 408 g/mol. The minimum absolute atomic E-state index is 0.523. The van der Waals surface area contributed by atoms with Crippen molar-refractivity contribution in [1.29, 1.82) is 0 Å². The Morgan fingerprint density at radius 3 is 2.14 bits per heavy atom. The van der Waals surface area contributed by atoms with Crippen LogP contribution in [0.2, 0.25) is 0 Å². The van der Waals surface area contributed by atoms with E-state index in [1.54, 1.807) is 0 Å². The number of benzene rings is 2. The SMILES string of the molecule is CCC1CCC(C(C)Cc2ccc(-c3ccc(OC(F)(F)F)c(F)c3)cc2)CC1. The van der Waals surface area contributed by atoms with Gasteiger partial charge in [-0.15, -0.1) is 13.2 Å². The summed E-state index contributed by atoms with van der Waals surface area (Å²) in [5, 5.41) is 0. The second-order valence-electron chi connectivity index (χ2n) is 8.26. The fraction of sp³-hybridized carbons (Fsp3) is 0.500. The molecule has 1 saturated carbocycles. The van der Waals surface area contributed by atoms with Crippen molar-refractivity contribution in [3.63, 3.8) is 0 Å². The van der Waals surface area contributed by atoms with Crippen LogP contribution < -0.4 is 4.74 Å². The molecule has 2 aromatic carbocycles. The minimum atomic E-state index is -4.91. The van der Waals surface area contributed by atoms with Gasteiger partial charge in [0.25, 0.3) is 0 Å². The van der Waals surface area contributed by atoms with Gasteiger partial charge < -0.3 is 4.74 Å². The van der Waals surface area contributed by atoms with Crippen LogP contribution in [0.15, 0.2) is 42.5 Å². The van der Waals surface area contributed by atoms with E-state index < -0.39 is 17.9 Å². The molecule has 29 heavy (non-hydrogen) atoms. The molecule has 0 amide bonds. The van der Waals surface area contributed by atoms with Crippen LogP contribution in [-0.4, -0.2) is 6.36 Å². The van der Waals surface area contributed by atoms with Crippen molar-refractivity contribution < 1.29 is 22.3 Å². The normalized spacial score (nSPS) is 21.0. The lowest BCUT2D eigenvalue weighted by molar-refractivity contribution is -0.275. The van der Waals surface area contributed by atoms with Crippen LogP contribution in [0.3, 0.4) is 0 Å². The molecule has 0 radical (unpaired) electrons. The maximum absolute atomic E-state index is 14.0. The molecule has 2 aromatic rings. The summed E-state index contributed by atoms with van der Waals surface area (Å²) in [5.74, 6) is 0.443. The van der Waals surface area contributed by atoms with Gasteiger partial charge in [0.05, 0.1) is 0 Å². The van der Waals surface area contributed by atoms with Crippen LogP contribution in [0.5, 0.6) is 5.75 Å². The van der Waals surface area contributed by atoms with E-state index in [4.69, 9.17) is 0 Å². The predicted octanol–water partition coefficient (Wildman–Crippen LogP) is 7.79. The van der Waals surface area contributed by atoms with E-state index in [2.05, 4.69) is 18.6 Å². The summed E-state index contributed by atoms with van der Waals surface area (Å²) in [5.41, 5.74) is 2.52. The van der Waals surface area contributed by atoms with E-state index >= 15 is 0 Å². The van der Waals surface area contributed by atoms with E-state index in [0.29, 0.717) is 11.5 Å². The number of rotatable bonds is 6. The summed E-state index contributed by atoms with van der Waals surface area (Å²) in [6, 6.07) is 11.4. The Morgan fingerprint density at radius 1 is 0.966 bits per heavy atom. The van der Waals surface area contributed by atoms with Crippen molar-refractivity contribution in [3.05, 3.63) is 53.8 Å². The fourth-order valence-corrected chi connectivity index (χ4v) is 4.43. The van der Waals surface area contributed by atoms with Crippen molar-refractivity contribution >= 4 is 0 Å². The maximum Gasteiger partial charge on any atom is 0.573 e. The molecule has 0 aromatic heterocycles. The van der Waals surface area contributed by atoms with E-state index in [1.165, 1.54) is 43.7 Å². The third kappa shape index (κ3) is 5.97. The van der Waals surface area contributed by atoms with Gasteiger partial charge in [-0.1, -0.05) is 63.4 Å². The highest BCUT2D eigenvalue weighted by atomic mass is 19.4. The quantitative estimate of drug-likeness (QED) is 0.443. The third-order valence-corrected chi connectivity index (χ3v) is 6.28. The molecule has 1 aliphatic carbocycles. The smallest absolute Gasteiger partial charge is 0.403 e. The zero-order chi connectivity index (χ0) is 21.0. The molecule has 1 atom stereocenters. The maximum atomic E-state index is 14.0. The molecule has 1 nitrogen and oxygen atoms in total. The molecule has 5 heteroatoms. The molecule has 3 rings (SSSR count). The Balaban J connectivity index is 1.62. The molecule has 0 spiro atoms. The number of hydrogen-bond acceptors (Lipinski definition) is 1. The van der Waals surface area contributed by atoms with Crippen molar-refractivity contribution in [2.45, 2.75) is 58.7 Å². The Kier molecular flexibility index (Phi) is 6.86. The first kappa shape index (κ1) is 21.7. The van der Waals surface area contributed by atoms with Crippen LogP contribution in [-0.2, 0) is 6.42 Å². The summed E-state index contributed by atoms with van der Waals surface area (Å²) in [6.45, 7) is 4.60. The molecule has 158 valence electrons. The van der Waals surface area contributed by atoms with Gasteiger partial charge in [-0.2, -0.15) is 0 Å². The minimum Gasteiger partial charge on any atom is -0.403 e. The first-order chi connectivity index (χ1) is 13.7. The standard InChI is InChI=1S/C24H28F4O/c1-3-17-4-8-19(9-5-17)16(2)14-18-6-10-20(11-7-18)21-12-13-23(22(25)15-21)29-24(26,27)28/h6-7,10-13,15-17,19H,3-5,8-9,14H2,1-2H3. The fourth-order valence-electron chi connectivity index (χ4n) is 4.43. The zero-order valence-electron chi connectivity index (χ0n) is 16.9. The first-order valence-electron chi connectivity index (χ1n) is 10.4. The van der Waals surface area contributed by atoms with Gasteiger partial charge in [-0.05, 0) is 65.8 Å². The number of ether oxygens (including phenoxy) is 1. The molecular formula is C24H28F4O. The summed E-state index contributed by atoms with van der Waals surface area (Å²) >= 11 is 0. The van der Waals surface area contributed by atoms with Gasteiger partial charge in [0.2, 0.25) is 0 Å². The lowest BCUT2D eigenvalue weighted by atomic mass is 9.74. The molecule has 1 fully saturated rings. The van der Waals surface area contributed by atoms with E-state index in [9.17, 15) is 17.6 Å². The van der Waals surface area contributed by atoms with Crippen LogP contribution >= 0.6 is 0 Å². The second kappa shape index (κ2) is 9.19. The van der Waals surface area contributed by atoms with E-state index in [1.807, 2.05) is 24.3 Å². The van der Waals surface area contributed by atoms with Crippen molar-refractivity contribution in [3.8, 4) is 16.9 Å². The largest absolute Gasteiger partial charge is 0.573 e. The van der Waals surface area contributed by atoms with Crippen LogP contribution in [0, 0.1) is 23.6 Å². The summed E-state index contributed by atoms with van der Waals surface area (Å²) in [7, 11) is 0. The highest BCUT2D eigenvalue weighted by molar-refractivity contribution is 5.64. The Morgan fingerprint density at radius 2 is 1.59 bits per heavy atom. The van der Waals surface area contributed by atoms with Gasteiger partial charge in [-0.3, -0.25) is 0 Å². The van der Waals surface area contributed by atoms with Crippen LogP contribution in [0.4, 0.5) is 17.6 Å². The molecule has 0 saturated heterocycles. The number of alkyl halides is 3. The highest BCUT2D eigenvalue weighted by Gasteiger charge is 2.32. The molecule has 0 aliphatic heterocycles. The predicted molar refractivity (Wildman–Crippen MR) is 107 cm³/mol. The van der Waals surface area contributed by atoms with Crippen LogP contribution in [0.25, 0.3) is 11.1 Å². The van der Waals surface area contributed by atoms with E-state index in [-0.39, 0.29) is 0 Å². The van der Waals surface area contributed by atoms with Crippen molar-refractivity contribution in [1.82, 2.24) is 0 Å². The molecular weight excluding hydrogens is 380 g/mol. The van der Waals surface area contributed by atoms with Gasteiger partial charge in [0.15, 0.2) is 11.6 Å². The van der Waals surface area contributed by atoms with Gasteiger partial charge >= 0.3 is 6.36 Å². The van der Waals surface area contributed by atoms with Gasteiger partial charge in [0, 0.05) is 0 Å². The second-order valence-corrected chi connectivity index (χ2v) is 8.26. The first-order valence-corrected chi connectivity index (χ1v) is 10.4. The topological polar surface area (TPSA) is 9.23 Å². The average molecular weight is 408 g/mol. The van der Waals surface area contributed by atoms with Gasteiger partial charge in [0.1, 0.15) is 0 Å². The average Bonchev–Trinajstić information content (AvgIpc) is 2.69. The lowest BCUT2D eigenvalue weighted by Gasteiger charge is -2.32. The summed E-state index contributed by atoms with van der Waals surface area (Å²) in [4.78, 5) is 0. The molecule has 0 bridgehead atoms. The summed E-state index contributed by atoms with van der Waals surface area (Å²) < 4.78 is 54.5. The van der Waals surface area contributed by atoms with Crippen molar-refractivity contribution in [2.24, 2.45) is 17.8 Å². The molecule has 1 unspecified atom stereocenters. The Labute approximate surface area is 170 Å². The Bertz CT molecular complexity index is 790. The van der Waals surface area contributed by atoms with Crippen LogP contribution in [0.1, 0.15) is 51.5 Å².